The average molecular weight is 294 g/mol. The van der Waals surface area contributed by atoms with Gasteiger partial charge in [-0.1, -0.05) is 12.1 Å². The molecule has 0 bridgehead atoms. The SMILES string of the molecule is CCOC(=O)C(C)(C)C(=O)COCc1ccc(OC)cc1. The molecule has 1 aromatic rings. The van der Waals surface area contributed by atoms with Gasteiger partial charge in [-0.2, -0.15) is 0 Å². The quantitative estimate of drug-likeness (QED) is 0.544. The molecule has 0 unspecified atom stereocenters. The molecule has 0 saturated heterocycles. The number of carbonyl (C=O) groups excluding carboxylic acids is 2. The molecule has 0 aliphatic rings. The largest absolute Gasteiger partial charge is 0.497 e. The predicted octanol–water partition coefficient (Wildman–Crippen LogP) is 2.37. The van der Waals surface area contributed by atoms with E-state index in [1.165, 1.54) is 0 Å². The molecule has 5 heteroatoms. The Bertz CT molecular complexity index is 476. The molecule has 0 atom stereocenters. The molecule has 0 amide bonds. The number of hydrogen-bond donors (Lipinski definition) is 0. The van der Waals surface area contributed by atoms with Gasteiger partial charge in [0.2, 0.25) is 0 Å². The fourth-order valence-electron chi connectivity index (χ4n) is 1.59. The van der Waals surface area contributed by atoms with Crippen LogP contribution in [0.1, 0.15) is 26.3 Å². The summed E-state index contributed by atoms with van der Waals surface area (Å²) in [6.45, 7) is 5.22. The second-order valence-corrected chi connectivity index (χ2v) is 5.11. The minimum Gasteiger partial charge on any atom is -0.497 e. The van der Waals surface area contributed by atoms with Crippen LogP contribution in [-0.4, -0.2) is 32.1 Å². The van der Waals surface area contributed by atoms with E-state index in [4.69, 9.17) is 14.2 Å². The van der Waals surface area contributed by atoms with Crippen molar-refractivity contribution in [2.75, 3.05) is 20.3 Å². The third-order valence-electron chi connectivity index (χ3n) is 3.14. The lowest BCUT2D eigenvalue weighted by molar-refractivity contribution is -0.159. The van der Waals surface area contributed by atoms with Crippen LogP contribution in [-0.2, 0) is 25.7 Å². The van der Waals surface area contributed by atoms with Gasteiger partial charge in [0.25, 0.3) is 0 Å². The van der Waals surface area contributed by atoms with Crippen molar-refractivity contribution in [2.24, 2.45) is 5.41 Å². The molecule has 21 heavy (non-hydrogen) atoms. The van der Waals surface area contributed by atoms with Crippen molar-refractivity contribution >= 4 is 11.8 Å². The van der Waals surface area contributed by atoms with E-state index in [0.717, 1.165) is 11.3 Å². The molecule has 5 nitrogen and oxygen atoms in total. The molecule has 0 aromatic heterocycles. The molecular weight excluding hydrogens is 272 g/mol. The summed E-state index contributed by atoms with van der Waals surface area (Å²) in [6, 6.07) is 7.37. The highest BCUT2D eigenvalue weighted by Crippen LogP contribution is 2.19. The van der Waals surface area contributed by atoms with Gasteiger partial charge in [-0.05, 0) is 38.5 Å². The number of Topliss-reactive ketones (excluding diaryl/α,β-unsaturated/α-hetero) is 1. The molecule has 116 valence electrons. The molecule has 1 aromatic carbocycles. The first-order valence-electron chi connectivity index (χ1n) is 6.83. The van der Waals surface area contributed by atoms with Crippen LogP contribution >= 0.6 is 0 Å². The first-order valence-corrected chi connectivity index (χ1v) is 6.83. The Morgan fingerprint density at radius 2 is 1.76 bits per heavy atom. The van der Waals surface area contributed by atoms with Crippen molar-refractivity contribution < 1.29 is 23.8 Å². The molecule has 0 N–H and O–H groups in total. The fourth-order valence-corrected chi connectivity index (χ4v) is 1.59. The summed E-state index contributed by atoms with van der Waals surface area (Å²) in [5.74, 6) is -0.0595. The van der Waals surface area contributed by atoms with E-state index in [1.54, 1.807) is 27.9 Å². The van der Waals surface area contributed by atoms with Crippen LogP contribution in [0.5, 0.6) is 5.75 Å². The number of benzene rings is 1. The van der Waals surface area contributed by atoms with Gasteiger partial charge in [-0.3, -0.25) is 9.59 Å². The molecule has 0 saturated carbocycles. The lowest BCUT2D eigenvalue weighted by atomic mass is 9.88. The van der Waals surface area contributed by atoms with Gasteiger partial charge in [0, 0.05) is 0 Å². The summed E-state index contributed by atoms with van der Waals surface area (Å²) in [6.07, 6.45) is 0. The summed E-state index contributed by atoms with van der Waals surface area (Å²) in [5, 5.41) is 0. The van der Waals surface area contributed by atoms with Crippen molar-refractivity contribution in [2.45, 2.75) is 27.4 Å². The highest BCUT2D eigenvalue weighted by atomic mass is 16.5. The standard InChI is InChI=1S/C16H22O5/c1-5-21-15(18)16(2,3)14(17)11-20-10-12-6-8-13(19-4)9-7-12/h6-9H,5,10-11H2,1-4H3. The van der Waals surface area contributed by atoms with Crippen molar-refractivity contribution in [1.29, 1.82) is 0 Å². The number of hydrogen-bond acceptors (Lipinski definition) is 5. The summed E-state index contributed by atoms with van der Waals surface area (Å²) in [4.78, 5) is 23.7. The number of carbonyl (C=O) groups is 2. The minimum absolute atomic E-state index is 0.127. The Labute approximate surface area is 125 Å². The van der Waals surface area contributed by atoms with E-state index in [1.807, 2.05) is 24.3 Å². The second-order valence-electron chi connectivity index (χ2n) is 5.11. The zero-order valence-electron chi connectivity index (χ0n) is 13.0. The lowest BCUT2D eigenvalue weighted by Gasteiger charge is -2.20. The van der Waals surface area contributed by atoms with Crippen molar-refractivity contribution in [3.63, 3.8) is 0 Å². The molecule has 0 spiro atoms. The zero-order chi connectivity index (χ0) is 15.9. The Morgan fingerprint density at radius 3 is 2.29 bits per heavy atom. The highest BCUT2D eigenvalue weighted by molar-refractivity contribution is 6.03. The molecule has 0 heterocycles. The Kier molecular flexibility index (Phi) is 6.37. The zero-order valence-corrected chi connectivity index (χ0v) is 13.0. The topological polar surface area (TPSA) is 61.8 Å². The molecular formula is C16H22O5. The number of methoxy groups -OCH3 is 1. The summed E-state index contributed by atoms with van der Waals surface area (Å²) < 4.78 is 15.3. The van der Waals surface area contributed by atoms with Crippen molar-refractivity contribution in [3.8, 4) is 5.75 Å². The van der Waals surface area contributed by atoms with Crippen LogP contribution < -0.4 is 4.74 Å². The molecule has 0 fully saturated rings. The number of ketones is 1. The van der Waals surface area contributed by atoms with E-state index in [-0.39, 0.29) is 19.0 Å². The lowest BCUT2D eigenvalue weighted by Crippen LogP contribution is -2.37. The van der Waals surface area contributed by atoms with Gasteiger partial charge in [0.05, 0.1) is 20.3 Å². The highest BCUT2D eigenvalue weighted by Gasteiger charge is 2.37. The minimum atomic E-state index is -1.18. The smallest absolute Gasteiger partial charge is 0.319 e. The number of rotatable bonds is 8. The first kappa shape index (κ1) is 17.2. The van der Waals surface area contributed by atoms with E-state index >= 15 is 0 Å². The maximum Gasteiger partial charge on any atom is 0.319 e. The Balaban J connectivity index is 2.47. The molecule has 0 aliphatic heterocycles. The van der Waals surface area contributed by atoms with Gasteiger partial charge >= 0.3 is 5.97 Å². The van der Waals surface area contributed by atoms with Gasteiger partial charge in [0.15, 0.2) is 5.78 Å². The first-order chi connectivity index (χ1) is 9.91. The van der Waals surface area contributed by atoms with Crippen LogP contribution in [0.4, 0.5) is 0 Å². The van der Waals surface area contributed by atoms with E-state index in [0.29, 0.717) is 6.61 Å². The normalized spacial score (nSPS) is 11.0. The predicted molar refractivity (Wildman–Crippen MR) is 78.1 cm³/mol. The van der Waals surface area contributed by atoms with Gasteiger partial charge in [0.1, 0.15) is 17.8 Å². The average Bonchev–Trinajstić information content (AvgIpc) is 2.48. The second kappa shape index (κ2) is 7.78. The van der Waals surface area contributed by atoms with E-state index < -0.39 is 11.4 Å². The molecule has 1 rings (SSSR count). The van der Waals surface area contributed by atoms with E-state index in [9.17, 15) is 9.59 Å². The van der Waals surface area contributed by atoms with Crippen LogP contribution in [0.15, 0.2) is 24.3 Å². The van der Waals surface area contributed by atoms with Crippen molar-refractivity contribution in [3.05, 3.63) is 29.8 Å². The van der Waals surface area contributed by atoms with Crippen molar-refractivity contribution in [1.82, 2.24) is 0 Å². The third kappa shape index (κ3) is 4.86. The monoisotopic (exact) mass is 294 g/mol. The summed E-state index contributed by atoms with van der Waals surface area (Å²) in [7, 11) is 1.60. The van der Waals surface area contributed by atoms with Crippen LogP contribution in [0.25, 0.3) is 0 Å². The van der Waals surface area contributed by atoms with Crippen LogP contribution in [0.3, 0.4) is 0 Å². The Morgan fingerprint density at radius 1 is 1.14 bits per heavy atom. The number of esters is 1. The maximum atomic E-state index is 12.0. The summed E-state index contributed by atoms with van der Waals surface area (Å²) in [5.41, 5.74) is -0.256. The van der Waals surface area contributed by atoms with Crippen LogP contribution in [0, 0.1) is 5.41 Å². The van der Waals surface area contributed by atoms with Gasteiger partial charge in [-0.25, -0.2) is 0 Å². The van der Waals surface area contributed by atoms with Gasteiger partial charge < -0.3 is 14.2 Å². The third-order valence-corrected chi connectivity index (χ3v) is 3.14. The van der Waals surface area contributed by atoms with Gasteiger partial charge in [-0.15, -0.1) is 0 Å². The summed E-state index contributed by atoms with van der Waals surface area (Å²) >= 11 is 0. The molecule has 0 radical (unpaired) electrons. The molecule has 0 aliphatic carbocycles. The van der Waals surface area contributed by atoms with E-state index in [2.05, 4.69) is 0 Å². The number of ether oxygens (including phenoxy) is 3. The maximum absolute atomic E-state index is 12.0. The fraction of sp³-hybridized carbons (Fsp3) is 0.500. The van der Waals surface area contributed by atoms with Crippen LogP contribution in [0.2, 0.25) is 0 Å². The Hall–Kier alpha value is -1.88.